The molecule has 23 heavy (non-hydrogen) atoms. The Morgan fingerprint density at radius 1 is 1.22 bits per heavy atom. The van der Waals surface area contributed by atoms with Crippen molar-refractivity contribution in [2.24, 2.45) is 0 Å². The maximum atomic E-state index is 11.8. The molecule has 2 amide bonds. The van der Waals surface area contributed by atoms with Crippen LogP contribution in [0.1, 0.15) is 5.56 Å². The average Bonchev–Trinajstić information content (AvgIpc) is 2.40. The predicted octanol–water partition coefficient (Wildman–Crippen LogP) is -1.39. The van der Waals surface area contributed by atoms with E-state index in [4.69, 9.17) is 9.11 Å². The number of benzene rings is 1. The highest BCUT2D eigenvalue weighted by Gasteiger charge is 2.44. The van der Waals surface area contributed by atoms with Crippen molar-refractivity contribution in [1.29, 1.82) is 0 Å². The maximum Gasteiger partial charge on any atom is 0.362 e. The number of amides is 2. The van der Waals surface area contributed by atoms with Gasteiger partial charge in [-0.1, -0.05) is 18.2 Å². The highest BCUT2D eigenvalue weighted by Crippen LogP contribution is 2.17. The van der Waals surface area contributed by atoms with E-state index in [-0.39, 0.29) is 9.87 Å². The van der Waals surface area contributed by atoms with Crippen LogP contribution in [0.3, 0.4) is 0 Å². The van der Waals surface area contributed by atoms with Gasteiger partial charge in [-0.3, -0.25) is 18.7 Å². The van der Waals surface area contributed by atoms with Gasteiger partial charge in [0.2, 0.25) is 5.91 Å². The number of rotatable bonds is 5. The molecule has 0 aromatic heterocycles. The van der Waals surface area contributed by atoms with Gasteiger partial charge in [-0.15, -0.1) is 0 Å². The molecule has 0 bridgehead atoms. The summed E-state index contributed by atoms with van der Waals surface area (Å²) in [5, 5.41) is 2.21. The summed E-state index contributed by atoms with van der Waals surface area (Å²) in [6.07, 6.45) is -0.439. The Hall–Kier alpha value is -2.02. The predicted molar refractivity (Wildman–Crippen MR) is 75.2 cm³/mol. The largest absolute Gasteiger partial charge is 0.362 e. The van der Waals surface area contributed by atoms with Crippen molar-refractivity contribution in [2.45, 2.75) is 17.4 Å². The molecule has 0 aliphatic carbocycles. The van der Waals surface area contributed by atoms with Crippen LogP contribution in [-0.4, -0.2) is 54.6 Å². The van der Waals surface area contributed by atoms with Crippen LogP contribution < -0.4 is 5.32 Å². The van der Waals surface area contributed by atoms with Crippen LogP contribution in [0.15, 0.2) is 29.2 Å². The van der Waals surface area contributed by atoms with Gasteiger partial charge in [0.25, 0.3) is 16.0 Å². The maximum absolute atomic E-state index is 11.8. The second-order valence-corrected chi connectivity index (χ2v) is 7.45. The zero-order valence-electron chi connectivity index (χ0n) is 11.4. The van der Waals surface area contributed by atoms with Crippen LogP contribution in [0.25, 0.3) is 0 Å². The van der Waals surface area contributed by atoms with Gasteiger partial charge < -0.3 is 5.32 Å². The van der Waals surface area contributed by atoms with E-state index < -0.39 is 56.1 Å². The first kappa shape index (κ1) is 17.3. The summed E-state index contributed by atoms with van der Waals surface area (Å²) in [7, 11) is -9.15. The van der Waals surface area contributed by atoms with Crippen molar-refractivity contribution < 1.29 is 35.5 Å². The van der Waals surface area contributed by atoms with Crippen molar-refractivity contribution in [3.05, 3.63) is 29.8 Å². The van der Waals surface area contributed by atoms with Gasteiger partial charge in [-0.05, 0) is 11.6 Å². The standard InChI is InChI=1S/C11H12N2O8S2/c14-10(12-8-6-13(11(8)15)23(19,20)21)5-7-3-1-2-4-9(7)22(16,17)18/h1-4,8H,5-6H2,(H,12,14)(H,16,17,18)(H,19,20,21). The van der Waals surface area contributed by atoms with E-state index in [1.807, 2.05) is 0 Å². The molecule has 0 radical (unpaired) electrons. The first-order valence-electron chi connectivity index (χ1n) is 6.14. The monoisotopic (exact) mass is 364 g/mol. The van der Waals surface area contributed by atoms with Gasteiger partial charge in [-0.25, -0.2) is 4.31 Å². The van der Waals surface area contributed by atoms with Gasteiger partial charge in [-0.2, -0.15) is 16.8 Å². The second kappa shape index (κ2) is 5.88. The van der Waals surface area contributed by atoms with Crippen molar-refractivity contribution in [3.63, 3.8) is 0 Å². The Morgan fingerprint density at radius 3 is 2.35 bits per heavy atom. The molecule has 1 unspecified atom stereocenters. The lowest BCUT2D eigenvalue weighted by Gasteiger charge is -2.35. The van der Waals surface area contributed by atoms with Crippen LogP contribution in [0.5, 0.6) is 0 Å². The molecule has 1 fully saturated rings. The van der Waals surface area contributed by atoms with Crippen LogP contribution in [0.2, 0.25) is 0 Å². The normalized spacial score (nSPS) is 18.4. The van der Waals surface area contributed by atoms with E-state index in [0.717, 1.165) is 6.07 Å². The lowest BCUT2D eigenvalue weighted by Crippen LogP contribution is -2.65. The first-order valence-corrected chi connectivity index (χ1v) is 8.97. The summed E-state index contributed by atoms with van der Waals surface area (Å²) >= 11 is 0. The number of nitrogens with one attached hydrogen (secondary N) is 1. The molecular formula is C11H12N2O8S2. The van der Waals surface area contributed by atoms with E-state index in [0.29, 0.717) is 0 Å². The highest BCUT2D eigenvalue weighted by molar-refractivity contribution is 7.86. The van der Waals surface area contributed by atoms with Gasteiger partial charge in [0, 0.05) is 0 Å². The molecule has 10 nitrogen and oxygen atoms in total. The zero-order chi connectivity index (χ0) is 17.4. The zero-order valence-corrected chi connectivity index (χ0v) is 13.0. The van der Waals surface area contributed by atoms with Crippen molar-refractivity contribution in [1.82, 2.24) is 9.62 Å². The SMILES string of the molecule is O=C(Cc1ccccc1S(=O)(=O)O)NC1CN(S(=O)(=O)O)C1=O. The molecule has 1 aliphatic rings. The number of hydrogen-bond acceptors (Lipinski definition) is 6. The van der Waals surface area contributed by atoms with E-state index in [2.05, 4.69) is 5.32 Å². The third kappa shape index (κ3) is 3.85. The summed E-state index contributed by atoms with van der Waals surface area (Å²) in [5.74, 6) is -1.74. The molecule has 1 aliphatic heterocycles. The number of carbonyl (C=O) groups is 2. The second-order valence-electron chi connectivity index (χ2n) is 4.73. The summed E-state index contributed by atoms with van der Waals surface area (Å²) in [6, 6.07) is 4.14. The average molecular weight is 364 g/mol. The highest BCUT2D eigenvalue weighted by atomic mass is 32.2. The quantitative estimate of drug-likeness (QED) is 0.425. The Labute approximate surface area is 131 Å². The van der Waals surface area contributed by atoms with E-state index >= 15 is 0 Å². The first-order chi connectivity index (χ1) is 10.5. The Balaban J connectivity index is 2.04. The van der Waals surface area contributed by atoms with Gasteiger partial charge in [0.15, 0.2) is 0 Å². The van der Waals surface area contributed by atoms with Crippen molar-refractivity contribution in [3.8, 4) is 0 Å². The third-order valence-corrected chi connectivity index (χ3v) is 4.95. The lowest BCUT2D eigenvalue weighted by atomic mass is 10.1. The third-order valence-electron chi connectivity index (χ3n) is 3.11. The van der Waals surface area contributed by atoms with Crippen molar-refractivity contribution >= 4 is 32.2 Å². The Bertz CT molecular complexity index is 862. The molecule has 12 heteroatoms. The van der Waals surface area contributed by atoms with Gasteiger partial charge in [0.05, 0.1) is 17.9 Å². The van der Waals surface area contributed by atoms with Crippen molar-refractivity contribution in [2.75, 3.05) is 6.54 Å². The molecule has 2 rings (SSSR count). The number of nitrogens with zero attached hydrogens (tertiary/aromatic N) is 1. The number of β-lactam (4-membered cyclic amide) rings is 1. The number of hydrogen-bond donors (Lipinski definition) is 3. The Kier molecular flexibility index (Phi) is 4.43. The van der Waals surface area contributed by atoms with E-state index in [9.17, 15) is 26.4 Å². The summed E-state index contributed by atoms with van der Waals surface area (Å²) in [6.45, 7) is -0.413. The molecule has 1 atom stereocenters. The fourth-order valence-corrected chi connectivity index (χ4v) is 3.44. The van der Waals surface area contributed by atoms with Gasteiger partial charge in [0.1, 0.15) is 6.04 Å². The van der Waals surface area contributed by atoms with Gasteiger partial charge >= 0.3 is 10.3 Å². The molecule has 3 N–H and O–H groups in total. The molecule has 1 aromatic rings. The molecule has 0 saturated carbocycles. The molecule has 1 saturated heterocycles. The van der Waals surface area contributed by atoms with Crippen LogP contribution in [0.4, 0.5) is 0 Å². The summed E-state index contributed by atoms with van der Waals surface area (Å²) in [4.78, 5) is 22.8. The smallest absolute Gasteiger partial charge is 0.342 e. The molecule has 126 valence electrons. The lowest BCUT2D eigenvalue weighted by molar-refractivity contribution is -0.140. The molecule has 1 aromatic carbocycles. The fourth-order valence-electron chi connectivity index (χ4n) is 2.03. The number of carbonyl (C=O) groups excluding carboxylic acids is 2. The molecule has 0 spiro atoms. The van der Waals surface area contributed by atoms with E-state index in [1.54, 1.807) is 0 Å². The van der Waals surface area contributed by atoms with Crippen LogP contribution >= 0.6 is 0 Å². The summed E-state index contributed by atoms with van der Waals surface area (Å²) in [5.41, 5.74) is 0.0194. The minimum absolute atomic E-state index is 0.0194. The Morgan fingerprint density at radius 2 is 1.83 bits per heavy atom. The topological polar surface area (TPSA) is 158 Å². The molecule has 1 heterocycles. The minimum atomic E-state index is -4.65. The minimum Gasteiger partial charge on any atom is -0.342 e. The van der Waals surface area contributed by atoms with Crippen LogP contribution in [0, 0.1) is 0 Å². The fraction of sp³-hybridized carbons (Fsp3) is 0.273. The van der Waals surface area contributed by atoms with Crippen LogP contribution in [-0.2, 0) is 36.4 Å². The van der Waals surface area contributed by atoms with E-state index in [1.165, 1.54) is 18.2 Å². The molecular weight excluding hydrogens is 352 g/mol. The summed E-state index contributed by atoms with van der Waals surface area (Å²) < 4.78 is 61.9.